The molecule has 0 saturated carbocycles. The number of methoxy groups -OCH3 is 1. The van der Waals surface area contributed by atoms with Crippen LogP contribution in [0.2, 0.25) is 0 Å². The van der Waals surface area contributed by atoms with Crippen LogP contribution in [0.1, 0.15) is 25.0 Å². The predicted molar refractivity (Wildman–Crippen MR) is 79.7 cm³/mol. The normalized spacial score (nSPS) is 15.9. The second-order valence-electron chi connectivity index (χ2n) is 5.34. The summed E-state index contributed by atoms with van der Waals surface area (Å²) in [7, 11) is 1.62. The van der Waals surface area contributed by atoms with Crippen molar-refractivity contribution >= 4 is 0 Å². The molecule has 7 heteroatoms. The molecule has 1 aromatic heterocycles. The van der Waals surface area contributed by atoms with Gasteiger partial charge in [0.05, 0.1) is 7.11 Å². The molecule has 1 aliphatic heterocycles. The lowest BCUT2D eigenvalue weighted by molar-refractivity contribution is -0.677. The van der Waals surface area contributed by atoms with Crippen molar-refractivity contribution in [3.8, 4) is 11.4 Å². The zero-order chi connectivity index (χ0) is 15.4. The number of ether oxygens (including phenoxy) is 1. The number of H-pyrrole nitrogens is 1. The third-order valence-electron chi connectivity index (χ3n) is 3.89. The molecule has 0 spiro atoms. The van der Waals surface area contributed by atoms with E-state index in [-0.39, 0.29) is 5.63 Å². The van der Waals surface area contributed by atoms with E-state index in [1.54, 1.807) is 11.8 Å². The van der Waals surface area contributed by atoms with Gasteiger partial charge in [-0.15, -0.1) is 0 Å². The Morgan fingerprint density at radius 3 is 2.68 bits per heavy atom. The molecule has 1 saturated heterocycles. The van der Waals surface area contributed by atoms with Gasteiger partial charge in [-0.2, -0.15) is 0 Å². The van der Waals surface area contributed by atoms with E-state index in [1.807, 2.05) is 24.3 Å². The summed E-state index contributed by atoms with van der Waals surface area (Å²) >= 11 is 0. The van der Waals surface area contributed by atoms with Crippen molar-refractivity contribution in [2.75, 3.05) is 20.2 Å². The number of hydrogen-bond donors (Lipinski definition) is 2. The highest BCUT2D eigenvalue weighted by molar-refractivity contribution is 5.31. The molecule has 22 heavy (non-hydrogen) atoms. The standard InChI is InChI=1S/C15H20N4O3/c1-21-13-7-5-12(6-8-13)19-14(15(20)22-17-19)11-16-18-9-3-2-4-10-18/h5-8,16H,2-4,9-11H2,1H3/p+1. The highest BCUT2D eigenvalue weighted by Crippen LogP contribution is 2.11. The average Bonchev–Trinajstić information content (AvgIpc) is 2.95. The van der Waals surface area contributed by atoms with E-state index in [1.165, 1.54) is 19.3 Å². The number of nitrogens with zero attached hydrogens (tertiary/aromatic N) is 2. The third-order valence-corrected chi connectivity index (χ3v) is 3.89. The highest BCUT2D eigenvalue weighted by atomic mass is 16.5. The number of aromatic nitrogens is 2. The Morgan fingerprint density at radius 2 is 2.00 bits per heavy atom. The van der Waals surface area contributed by atoms with E-state index in [9.17, 15) is 4.79 Å². The minimum absolute atomic E-state index is 0.361. The zero-order valence-corrected chi connectivity index (χ0v) is 12.7. The minimum Gasteiger partial charge on any atom is -0.497 e. The van der Waals surface area contributed by atoms with Crippen LogP contribution in [-0.2, 0) is 6.54 Å². The zero-order valence-electron chi connectivity index (χ0n) is 12.7. The summed E-state index contributed by atoms with van der Waals surface area (Å²) in [5, 5.41) is 4.81. The van der Waals surface area contributed by atoms with Crippen molar-refractivity contribution in [1.82, 2.24) is 15.7 Å². The molecule has 1 aromatic carbocycles. The van der Waals surface area contributed by atoms with Crippen molar-refractivity contribution < 1.29 is 13.9 Å². The van der Waals surface area contributed by atoms with Gasteiger partial charge in [0, 0.05) is 25.2 Å². The molecule has 1 aliphatic rings. The maximum absolute atomic E-state index is 11.9. The molecule has 2 heterocycles. The quantitative estimate of drug-likeness (QED) is 0.797. The molecule has 2 aromatic rings. The number of hydrogen-bond acceptors (Lipinski definition) is 5. The van der Waals surface area contributed by atoms with Gasteiger partial charge in [-0.05, 0) is 34.9 Å². The van der Waals surface area contributed by atoms with Crippen LogP contribution in [0.5, 0.6) is 5.75 Å². The van der Waals surface area contributed by atoms with Gasteiger partial charge in [-0.25, -0.2) is 15.2 Å². The fraction of sp³-hybridized carbons (Fsp3) is 0.467. The van der Waals surface area contributed by atoms with E-state index >= 15 is 0 Å². The summed E-state index contributed by atoms with van der Waals surface area (Å²) in [6.45, 7) is 2.45. The minimum atomic E-state index is -0.361. The van der Waals surface area contributed by atoms with Gasteiger partial charge in [0.15, 0.2) is 0 Å². The van der Waals surface area contributed by atoms with Crippen LogP contribution < -0.4 is 20.5 Å². The smallest absolute Gasteiger partial charge is 0.431 e. The number of nitrogens with one attached hydrogen (secondary N) is 2. The molecule has 0 bridgehead atoms. The van der Waals surface area contributed by atoms with Gasteiger partial charge in [-0.3, -0.25) is 4.52 Å². The topological polar surface area (TPSA) is 74.4 Å². The summed E-state index contributed by atoms with van der Waals surface area (Å²) in [4.78, 5) is 11.9. The Kier molecular flexibility index (Phi) is 4.55. The van der Waals surface area contributed by atoms with Crippen molar-refractivity contribution in [3.05, 3.63) is 40.4 Å². The Labute approximate surface area is 128 Å². The van der Waals surface area contributed by atoms with Gasteiger partial charge in [-0.1, -0.05) is 6.42 Å². The van der Waals surface area contributed by atoms with E-state index in [0.717, 1.165) is 24.5 Å². The summed E-state index contributed by atoms with van der Waals surface area (Å²) in [6, 6.07) is 7.42. The summed E-state index contributed by atoms with van der Waals surface area (Å²) in [6.07, 6.45) is 3.65. The number of hydrazine groups is 1. The van der Waals surface area contributed by atoms with Crippen LogP contribution in [-0.4, -0.2) is 30.5 Å². The third kappa shape index (κ3) is 3.20. The van der Waals surface area contributed by atoms with Gasteiger partial charge in [0.2, 0.25) is 5.69 Å². The summed E-state index contributed by atoms with van der Waals surface area (Å²) < 4.78 is 11.7. The Hall–Kier alpha value is -2.12. The van der Waals surface area contributed by atoms with E-state index in [4.69, 9.17) is 9.26 Å². The number of piperidine rings is 1. The van der Waals surface area contributed by atoms with Gasteiger partial charge in [0.1, 0.15) is 12.3 Å². The Balaban J connectivity index is 1.76. The molecule has 118 valence electrons. The lowest BCUT2D eigenvalue weighted by Crippen LogP contribution is -2.46. The first kappa shape index (κ1) is 14.8. The number of benzene rings is 1. The molecule has 0 unspecified atom stereocenters. The van der Waals surface area contributed by atoms with Crippen molar-refractivity contribution in [2.45, 2.75) is 25.8 Å². The fourth-order valence-electron chi connectivity index (χ4n) is 2.62. The highest BCUT2D eigenvalue weighted by Gasteiger charge is 2.24. The van der Waals surface area contributed by atoms with Crippen LogP contribution in [0.15, 0.2) is 33.6 Å². The molecule has 0 atom stereocenters. The molecule has 7 nitrogen and oxygen atoms in total. The largest absolute Gasteiger partial charge is 0.497 e. The molecular formula is C15H21N4O3+. The molecule has 0 radical (unpaired) electrons. The Bertz CT molecular complexity index is 656. The van der Waals surface area contributed by atoms with E-state index < -0.39 is 0 Å². The molecule has 2 N–H and O–H groups in total. The van der Waals surface area contributed by atoms with Crippen LogP contribution in [0.25, 0.3) is 5.69 Å². The Morgan fingerprint density at radius 1 is 1.27 bits per heavy atom. The van der Waals surface area contributed by atoms with Crippen LogP contribution in [0.4, 0.5) is 0 Å². The lowest BCUT2D eigenvalue weighted by Gasteiger charge is -2.26. The molecule has 1 fully saturated rings. The van der Waals surface area contributed by atoms with Crippen LogP contribution >= 0.6 is 0 Å². The summed E-state index contributed by atoms with van der Waals surface area (Å²) in [5.41, 5.74) is 4.30. The van der Waals surface area contributed by atoms with Gasteiger partial charge >= 0.3 is 11.3 Å². The molecular weight excluding hydrogens is 284 g/mol. The van der Waals surface area contributed by atoms with E-state index in [0.29, 0.717) is 12.2 Å². The maximum Gasteiger partial charge on any atom is 0.431 e. The maximum atomic E-state index is 11.9. The SMILES string of the molecule is COc1ccc(-[n+]2[nH]oc(=O)c2CNN2CCCCC2)cc1. The van der Waals surface area contributed by atoms with Crippen molar-refractivity contribution in [1.29, 1.82) is 0 Å². The second kappa shape index (κ2) is 6.76. The van der Waals surface area contributed by atoms with Gasteiger partial charge < -0.3 is 4.74 Å². The number of rotatable bonds is 5. The van der Waals surface area contributed by atoms with Gasteiger partial charge in [0.25, 0.3) is 0 Å². The molecule has 0 amide bonds. The monoisotopic (exact) mass is 305 g/mol. The number of aromatic amines is 1. The summed E-state index contributed by atoms with van der Waals surface area (Å²) in [5.74, 6) is 0.767. The first-order chi connectivity index (χ1) is 10.8. The van der Waals surface area contributed by atoms with Crippen LogP contribution in [0, 0.1) is 0 Å². The van der Waals surface area contributed by atoms with E-state index in [2.05, 4.69) is 15.7 Å². The molecule has 0 aliphatic carbocycles. The van der Waals surface area contributed by atoms with Crippen molar-refractivity contribution in [2.24, 2.45) is 0 Å². The average molecular weight is 305 g/mol. The molecule has 3 rings (SSSR count). The van der Waals surface area contributed by atoms with Crippen molar-refractivity contribution in [3.63, 3.8) is 0 Å². The second-order valence-corrected chi connectivity index (χ2v) is 5.34. The fourth-order valence-corrected chi connectivity index (χ4v) is 2.62. The van der Waals surface area contributed by atoms with Crippen LogP contribution in [0.3, 0.4) is 0 Å². The lowest BCUT2D eigenvalue weighted by atomic mass is 10.2. The first-order valence-electron chi connectivity index (χ1n) is 7.53. The first-order valence-corrected chi connectivity index (χ1v) is 7.53. The predicted octanol–water partition coefficient (Wildman–Crippen LogP) is 0.744.